The van der Waals surface area contributed by atoms with Gasteiger partial charge in [0.2, 0.25) is 0 Å². The van der Waals surface area contributed by atoms with E-state index >= 15 is 0 Å². The van der Waals surface area contributed by atoms with Gasteiger partial charge in [-0.05, 0) is 6.92 Å². The quantitative estimate of drug-likeness (QED) is 0.746. The number of likely N-dealkylation sites (N-methyl/N-ethyl adjacent to an activating group) is 1. The van der Waals surface area contributed by atoms with Gasteiger partial charge in [-0.15, -0.1) is 0 Å². The molecule has 3 N–H and O–H groups in total. The highest BCUT2D eigenvalue weighted by atomic mass is 15.2. The van der Waals surface area contributed by atoms with E-state index in [0.29, 0.717) is 5.65 Å². The van der Waals surface area contributed by atoms with E-state index < -0.39 is 0 Å². The van der Waals surface area contributed by atoms with Crippen LogP contribution in [0.15, 0.2) is 12.7 Å². The lowest BCUT2D eigenvalue weighted by molar-refractivity contribution is 0.713. The molecule has 2 heterocycles. The molecule has 0 saturated heterocycles. The Kier molecular flexibility index (Phi) is 2.51. The molecule has 2 rings (SSSR count). The molecule has 0 radical (unpaired) electrons. The molecule has 2 aromatic heterocycles. The second-order valence-electron chi connectivity index (χ2n) is 3.66. The van der Waals surface area contributed by atoms with Crippen LogP contribution in [0.4, 0.5) is 5.82 Å². The molecule has 0 aliphatic carbocycles. The van der Waals surface area contributed by atoms with Gasteiger partial charge < -0.3 is 15.6 Å². The van der Waals surface area contributed by atoms with Crippen molar-refractivity contribution in [3.8, 4) is 0 Å². The van der Waals surface area contributed by atoms with Gasteiger partial charge in [0.05, 0.1) is 6.33 Å². The SMILES string of the molecule is CC(N)CN(C)c1ncnc2nc[nH]c12. The first-order valence-electron chi connectivity index (χ1n) is 4.79. The standard InChI is InChI=1S/C9H14N6/c1-6(10)3-15(2)9-7-8(12-4-11-7)13-5-14-9/h4-6H,3,10H2,1-2H3,(H,11,12,13,14). The van der Waals surface area contributed by atoms with Crippen molar-refractivity contribution in [3.05, 3.63) is 12.7 Å². The van der Waals surface area contributed by atoms with Crippen molar-refractivity contribution >= 4 is 17.0 Å². The summed E-state index contributed by atoms with van der Waals surface area (Å²) in [6.45, 7) is 2.70. The smallest absolute Gasteiger partial charge is 0.182 e. The highest BCUT2D eigenvalue weighted by Crippen LogP contribution is 2.17. The Balaban J connectivity index is 2.38. The minimum absolute atomic E-state index is 0.0999. The van der Waals surface area contributed by atoms with Gasteiger partial charge in [-0.2, -0.15) is 0 Å². The van der Waals surface area contributed by atoms with Crippen LogP contribution in [0.3, 0.4) is 0 Å². The van der Waals surface area contributed by atoms with Crippen molar-refractivity contribution in [1.82, 2.24) is 19.9 Å². The lowest BCUT2D eigenvalue weighted by Crippen LogP contribution is -2.33. The number of fused-ring (bicyclic) bond motifs is 1. The maximum atomic E-state index is 5.74. The molecule has 0 aliphatic heterocycles. The van der Waals surface area contributed by atoms with E-state index in [-0.39, 0.29) is 6.04 Å². The van der Waals surface area contributed by atoms with Crippen LogP contribution < -0.4 is 10.6 Å². The third kappa shape index (κ3) is 1.89. The van der Waals surface area contributed by atoms with Crippen molar-refractivity contribution in [1.29, 1.82) is 0 Å². The fourth-order valence-corrected chi connectivity index (χ4v) is 1.56. The number of H-pyrrole nitrogens is 1. The molecule has 1 atom stereocenters. The van der Waals surface area contributed by atoms with Crippen LogP contribution in [-0.2, 0) is 0 Å². The van der Waals surface area contributed by atoms with Crippen molar-refractivity contribution in [2.45, 2.75) is 13.0 Å². The third-order valence-electron chi connectivity index (χ3n) is 2.13. The van der Waals surface area contributed by atoms with E-state index in [1.54, 1.807) is 6.33 Å². The summed E-state index contributed by atoms with van der Waals surface area (Å²) < 4.78 is 0. The number of aromatic amines is 1. The molecular weight excluding hydrogens is 192 g/mol. The first kappa shape index (κ1) is 9.85. The Labute approximate surface area is 87.5 Å². The second kappa shape index (κ2) is 3.82. The largest absolute Gasteiger partial charge is 0.356 e. The Morgan fingerprint density at radius 2 is 2.27 bits per heavy atom. The van der Waals surface area contributed by atoms with Gasteiger partial charge in [0.1, 0.15) is 11.8 Å². The number of hydrogen-bond acceptors (Lipinski definition) is 5. The molecule has 0 spiro atoms. The van der Waals surface area contributed by atoms with E-state index in [1.165, 1.54) is 6.33 Å². The average Bonchev–Trinajstić information content (AvgIpc) is 2.63. The molecule has 0 fully saturated rings. The summed E-state index contributed by atoms with van der Waals surface area (Å²) in [7, 11) is 1.95. The summed E-state index contributed by atoms with van der Waals surface area (Å²) in [5.41, 5.74) is 7.26. The van der Waals surface area contributed by atoms with Crippen LogP contribution in [-0.4, -0.2) is 39.6 Å². The minimum Gasteiger partial charge on any atom is -0.356 e. The number of anilines is 1. The molecular formula is C9H14N6. The number of imidazole rings is 1. The van der Waals surface area contributed by atoms with Gasteiger partial charge in [0.15, 0.2) is 11.5 Å². The second-order valence-corrected chi connectivity index (χ2v) is 3.66. The Bertz CT molecular complexity index is 449. The van der Waals surface area contributed by atoms with Crippen molar-refractivity contribution < 1.29 is 0 Å². The van der Waals surface area contributed by atoms with Crippen LogP contribution >= 0.6 is 0 Å². The predicted octanol–water partition coefficient (Wildman–Crippen LogP) is 0.136. The van der Waals surface area contributed by atoms with Gasteiger partial charge in [-0.25, -0.2) is 15.0 Å². The van der Waals surface area contributed by atoms with E-state index in [9.17, 15) is 0 Å². The summed E-state index contributed by atoms with van der Waals surface area (Å²) in [4.78, 5) is 17.4. The van der Waals surface area contributed by atoms with E-state index in [4.69, 9.17) is 5.73 Å². The molecule has 15 heavy (non-hydrogen) atoms. The van der Waals surface area contributed by atoms with Crippen LogP contribution in [0.5, 0.6) is 0 Å². The number of nitrogens with two attached hydrogens (primary N) is 1. The maximum absolute atomic E-state index is 5.74. The number of nitrogens with one attached hydrogen (secondary N) is 1. The lowest BCUT2D eigenvalue weighted by Gasteiger charge is -2.20. The molecule has 0 aromatic carbocycles. The van der Waals surface area contributed by atoms with Gasteiger partial charge in [-0.1, -0.05) is 0 Å². The van der Waals surface area contributed by atoms with Gasteiger partial charge in [0, 0.05) is 19.6 Å². The van der Waals surface area contributed by atoms with Crippen LogP contribution in [0.1, 0.15) is 6.92 Å². The Morgan fingerprint density at radius 1 is 1.47 bits per heavy atom. The summed E-state index contributed by atoms with van der Waals surface area (Å²) >= 11 is 0. The van der Waals surface area contributed by atoms with E-state index in [1.807, 2.05) is 18.9 Å². The Hall–Kier alpha value is -1.69. The fourth-order valence-electron chi connectivity index (χ4n) is 1.56. The normalized spacial score (nSPS) is 13.0. The maximum Gasteiger partial charge on any atom is 0.182 e. The number of rotatable bonds is 3. The Morgan fingerprint density at radius 3 is 3.00 bits per heavy atom. The zero-order valence-corrected chi connectivity index (χ0v) is 8.81. The van der Waals surface area contributed by atoms with Crippen molar-refractivity contribution in [2.75, 3.05) is 18.5 Å². The summed E-state index contributed by atoms with van der Waals surface area (Å²) in [6.07, 6.45) is 3.12. The molecule has 2 aromatic rings. The molecule has 0 amide bonds. The first-order chi connectivity index (χ1) is 7.18. The summed E-state index contributed by atoms with van der Waals surface area (Å²) in [5.74, 6) is 0.829. The molecule has 6 nitrogen and oxygen atoms in total. The lowest BCUT2D eigenvalue weighted by atomic mass is 10.3. The number of nitrogens with zero attached hydrogens (tertiary/aromatic N) is 4. The van der Waals surface area contributed by atoms with E-state index in [2.05, 4.69) is 19.9 Å². The van der Waals surface area contributed by atoms with Gasteiger partial charge in [-0.3, -0.25) is 0 Å². The monoisotopic (exact) mass is 206 g/mol. The summed E-state index contributed by atoms with van der Waals surface area (Å²) in [5, 5.41) is 0. The third-order valence-corrected chi connectivity index (χ3v) is 2.13. The van der Waals surface area contributed by atoms with Gasteiger partial charge in [0.25, 0.3) is 0 Å². The minimum atomic E-state index is 0.0999. The summed E-state index contributed by atoms with van der Waals surface area (Å²) in [6, 6.07) is 0.0999. The first-order valence-corrected chi connectivity index (χ1v) is 4.79. The van der Waals surface area contributed by atoms with Crippen LogP contribution in [0.25, 0.3) is 11.2 Å². The molecule has 1 unspecified atom stereocenters. The highest BCUT2D eigenvalue weighted by Gasteiger charge is 2.10. The molecule has 80 valence electrons. The highest BCUT2D eigenvalue weighted by molar-refractivity contribution is 5.82. The molecule has 0 aliphatic rings. The predicted molar refractivity (Wildman–Crippen MR) is 58.6 cm³/mol. The zero-order valence-electron chi connectivity index (χ0n) is 8.81. The van der Waals surface area contributed by atoms with Crippen molar-refractivity contribution in [3.63, 3.8) is 0 Å². The number of aromatic nitrogens is 4. The fraction of sp³-hybridized carbons (Fsp3) is 0.444. The molecule has 6 heteroatoms. The zero-order chi connectivity index (χ0) is 10.8. The average molecular weight is 206 g/mol. The van der Waals surface area contributed by atoms with Crippen molar-refractivity contribution in [2.24, 2.45) is 5.73 Å². The van der Waals surface area contributed by atoms with Gasteiger partial charge >= 0.3 is 0 Å². The topological polar surface area (TPSA) is 83.7 Å². The van der Waals surface area contributed by atoms with Crippen LogP contribution in [0, 0.1) is 0 Å². The van der Waals surface area contributed by atoms with Crippen LogP contribution in [0.2, 0.25) is 0 Å². The number of hydrogen-bond donors (Lipinski definition) is 2. The van der Waals surface area contributed by atoms with E-state index in [0.717, 1.165) is 17.9 Å². The molecule has 0 bridgehead atoms. The molecule has 0 saturated carbocycles.